The van der Waals surface area contributed by atoms with Gasteiger partial charge in [-0.15, -0.1) is 0 Å². The second-order valence-corrected chi connectivity index (χ2v) is 9.06. The zero-order chi connectivity index (χ0) is 22.8. The minimum absolute atomic E-state index is 0.232. The van der Waals surface area contributed by atoms with Gasteiger partial charge < -0.3 is 14.6 Å². The molecule has 4 aromatic rings. The smallest absolute Gasteiger partial charge is 0.227 e. The molecular formula is C25H24FN5OS. The van der Waals surface area contributed by atoms with Crippen LogP contribution in [0.3, 0.4) is 0 Å². The molecular weight excluding hydrogens is 437 g/mol. The van der Waals surface area contributed by atoms with Gasteiger partial charge >= 0.3 is 0 Å². The Morgan fingerprint density at radius 1 is 1.15 bits per heavy atom. The highest BCUT2D eigenvalue weighted by Crippen LogP contribution is 2.31. The van der Waals surface area contributed by atoms with Crippen LogP contribution >= 0.6 is 11.8 Å². The molecule has 8 heteroatoms. The highest BCUT2D eigenvalue weighted by atomic mass is 32.2. The molecule has 5 rings (SSSR count). The van der Waals surface area contributed by atoms with Crippen LogP contribution in [0, 0.1) is 12.7 Å². The quantitative estimate of drug-likeness (QED) is 0.424. The van der Waals surface area contributed by atoms with E-state index < -0.39 is 0 Å². The van der Waals surface area contributed by atoms with Gasteiger partial charge in [0.25, 0.3) is 0 Å². The molecule has 1 aliphatic rings. The SMILES string of the molecule is COc1cc(Nc2nc3c(c(Cc4ccc(F)cc4)n2)CSCC3)ccc1-n1cnc(C)c1. The van der Waals surface area contributed by atoms with Crippen molar-refractivity contribution in [2.24, 2.45) is 0 Å². The Balaban J connectivity index is 1.46. The number of methoxy groups -OCH3 is 1. The van der Waals surface area contributed by atoms with Gasteiger partial charge in [-0.05, 0) is 48.9 Å². The van der Waals surface area contributed by atoms with Crippen molar-refractivity contribution in [3.05, 3.63) is 89.0 Å². The molecule has 0 fully saturated rings. The first kappa shape index (κ1) is 21.5. The second-order valence-electron chi connectivity index (χ2n) is 7.96. The van der Waals surface area contributed by atoms with E-state index in [-0.39, 0.29) is 5.82 Å². The Labute approximate surface area is 196 Å². The van der Waals surface area contributed by atoms with Crippen LogP contribution in [0.4, 0.5) is 16.0 Å². The van der Waals surface area contributed by atoms with Crippen molar-refractivity contribution in [1.29, 1.82) is 0 Å². The van der Waals surface area contributed by atoms with E-state index in [0.29, 0.717) is 12.4 Å². The molecule has 0 amide bonds. The number of ether oxygens (including phenoxy) is 1. The third-order valence-electron chi connectivity index (χ3n) is 5.62. The van der Waals surface area contributed by atoms with Gasteiger partial charge in [0.05, 0.1) is 36.2 Å². The predicted molar refractivity (Wildman–Crippen MR) is 129 cm³/mol. The third kappa shape index (κ3) is 4.71. The molecule has 0 bridgehead atoms. The van der Waals surface area contributed by atoms with Crippen LogP contribution in [0.5, 0.6) is 5.75 Å². The minimum atomic E-state index is -0.232. The number of fused-ring (bicyclic) bond motifs is 1. The molecule has 0 spiro atoms. The topological polar surface area (TPSA) is 64.9 Å². The second kappa shape index (κ2) is 9.23. The summed E-state index contributed by atoms with van der Waals surface area (Å²) in [6.45, 7) is 1.95. The molecule has 168 valence electrons. The van der Waals surface area contributed by atoms with E-state index in [1.165, 1.54) is 17.7 Å². The third-order valence-corrected chi connectivity index (χ3v) is 6.60. The maximum absolute atomic E-state index is 13.4. The molecule has 1 aliphatic heterocycles. The molecule has 0 radical (unpaired) electrons. The Morgan fingerprint density at radius 2 is 2.00 bits per heavy atom. The van der Waals surface area contributed by atoms with Gasteiger partial charge in [-0.25, -0.2) is 19.3 Å². The summed E-state index contributed by atoms with van der Waals surface area (Å²) in [4.78, 5) is 14.0. The lowest BCUT2D eigenvalue weighted by molar-refractivity contribution is 0.413. The number of aryl methyl sites for hydroxylation is 2. The van der Waals surface area contributed by atoms with E-state index in [0.717, 1.165) is 57.7 Å². The van der Waals surface area contributed by atoms with Gasteiger partial charge in [0.2, 0.25) is 5.95 Å². The Morgan fingerprint density at radius 3 is 2.76 bits per heavy atom. The number of nitrogens with zero attached hydrogens (tertiary/aromatic N) is 4. The van der Waals surface area contributed by atoms with Crippen molar-refractivity contribution < 1.29 is 9.13 Å². The van der Waals surface area contributed by atoms with Crippen LogP contribution in [0.15, 0.2) is 55.0 Å². The first-order valence-corrected chi connectivity index (χ1v) is 11.9. The molecule has 3 heterocycles. The molecule has 6 nitrogen and oxygen atoms in total. The Bertz CT molecular complexity index is 1290. The van der Waals surface area contributed by atoms with Crippen LogP contribution in [0.1, 0.15) is 28.2 Å². The first-order valence-electron chi connectivity index (χ1n) is 10.8. The van der Waals surface area contributed by atoms with Gasteiger partial charge in [0.15, 0.2) is 0 Å². The van der Waals surface area contributed by atoms with Gasteiger partial charge in [0, 0.05) is 35.7 Å². The van der Waals surface area contributed by atoms with Crippen molar-refractivity contribution in [3.63, 3.8) is 0 Å². The fourth-order valence-corrected chi connectivity index (χ4v) is 4.97. The number of benzene rings is 2. The maximum atomic E-state index is 13.4. The van der Waals surface area contributed by atoms with E-state index in [2.05, 4.69) is 10.3 Å². The summed E-state index contributed by atoms with van der Waals surface area (Å²) >= 11 is 1.90. The summed E-state index contributed by atoms with van der Waals surface area (Å²) in [6, 6.07) is 12.5. The fraction of sp³-hybridized carbons (Fsp3) is 0.240. The normalized spacial score (nSPS) is 12.9. The molecule has 1 N–H and O–H groups in total. The molecule has 2 aromatic heterocycles. The monoisotopic (exact) mass is 461 g/mol. The number of anilines is 2. The fourth-order valence-electron chi connectivity index (χ4n) is 3.95. The molecule has 2 aromatic carbocycles. The van der Waals surface area contributed by atoms with Crippen molar-refractivity contribution >= 4 is 23.4 Å². The highest BCUT2D eigenvalue weighted by Gasteiger charge is 2.19. The van der Waals surface area contributed by atoms with Crippen LogP contribution < -0.4 is 10.1 Å². The molecule has 0 aliphatic carbocycles. The lowest BCUT2D eigenvalue weighted by Crippen LogP contribution is -2.13. The number of hydrogen-bond donors (Lipinski definition) is 1. The summed E-state index contributed by atoms with van der Waals surface area (Å²) in [5.74, 6) is 3.00. The molecule has 0 saturated heterocycles. The minimum Gasteiger partial charge on any atom is -0.494 e. The molecule has 0 unspecified atom stereocenters. The van der Waals surface area contributed by atoms with E-state index in [9.17, 15) is 4.39 Å². The van der Waals surface area contributed by atoms with Crippen LogP contribution in [0.2, 0.25) is 0 Å². The Kier molecular flexibility index (Phi) is 6.00. The zero-order valence-electron chi connectivity index (χ0n) is 18.5. The maximum Gasteiger partial charge on any atom is 0.227 e. The van der Waals surface area contributed by atoms with Gasteiger partial charge in [-0.1, -0.05) is 12.1 Å². The summed E-state index contributed by atoms with van der Waals surface area (Å²) < 4.78 is 20.9. The molecule has 0 atom stereocenters. The van der Waals surface area contributed by atoms with Crippen molar-refractivity contribution in [1.82, 2.24) is 19.5 Å². The lowest BCUT2D eigenvalue weighted by atomic mass is 10.0. The summed E-state index contributed by atoms with van der Waals surface area (Å²) in [5.41, 5.74) is 6.98. The van der Waals surface area contributed by atoms with E-state index in [1.54, 1.807) is 13.4 Å². The number of nitrogens with one attached hydrogen (secondary N) is 1. The van der Waals surface area contributed by atoms with E-state index in [4.69, 9.17) is 14.7 Å². The number of rotatable bonds is 6. The van der Waals surface area contributed by atoms with Gasteiger partial charge in [-0.3, -0.25) is 0 Å². The zero-order valence-corrected chi connectivity index (χ0v) is 19.3. The molecule has 33 heavy (non-hydrogen) atoms. The standard InChI is InChI=1S/C25H24FN5OS/c1-16-13-31(15-27-16)23-8-7-19(12-24(23)32-2)28-25-29-21-9-10-33-14-20(21)22(30-25)11-17-3-5-18(26)6-4-17/h3-8,12-13,15H,9-11,14H2,1-2H3,(H,28,29,30). The molecule has 0 saturated carbocycles. The summed E-state index contributed by atoms with van der Waals surface area (Å²) in [6.07, 6.45) is 5.28. The van der Waals surface area contributed by atoms with Crippen LogP contribution in [0.25, 0.3) is 5.69 Å². The lowest BCUT2D eigenvalue weighted by Gasteiger charge is -2.20. The number of halogens is 1. The number of thioether (sulfide) groups is 1. The van der Waals surface area contributed by atoms with Crippen molar-refractivity contribution in [2.75, 3.05) is 18.2 Å². The largest absolute Gasteiger partial charge is 0.494 e. The summed E-state index contributed by atoms with van der Waals surface area (Å²) in [5, 5.41) is 3.35. The van der Waals surface area contributed by atoms with Crippen LogP contribution in [-0.4, -0.2) is 32.4 Å². The predicted octanol–water partition coefficient (Wildman–Crippen LogP) is 5.24. The number of hydrogen-bond acceptors (Lipinski definition) is 6. The van der Waals surface area contributed by atoms with E-state index in [1.807, 2.05) is 59.8 Å². The Hall–Kier alpha value is -3.39. The van der Waals surface area contributed by atoms with Gasteiger partial charge in [0.1, 0.15) is 11.6 Å². The average molecular weight is 462 g/mol. The first-order chi connectivity index (χ1) is 16.1. The number of aromatic nitrogens is 4. The van der Waals surface area contributed by atoms with Crippen LogP contribution in [-0.2, 0) is 18.6 Å². The van der Waals surface area contributed by atoms with Crippen molar-refractivity contribution in [3.8, 4) is 11.4 Å². The highest BCUT2D eigenvalue weighted by molar-refractivity contribution is 7.98. The number of imidazole rings is 1. The average Bonchev–Trinajstić information content (AvgIpc) is 3.26. The van der Waals surface area contributed by atoms with Crippen molar-refractivity contribution in [2.45, 2.75) is 25.5 Å². The summed E-state index contributed by atoms with van der Waals surface area (Å²) in [7, 11) is 1.65. The van der Waals surface area contributed by atoms with E-state index >= 15 is 0 Å². The van der Waals surface area contributed by atoms with Gasteiger partial charge in [-0.2, -0.15) is 11.8 Å².